The Kier molecular flexibility index (Phi) is 3.29. The Morgan fingerprint density at radius 3 is 2.38 bits per heavy atom. The van der Waals surface area contributed by atoms with Crippen molar-refractivity contribution in [3.8, 4) is 0 Å². The van der Waals surface area contributed by atoms with E-state index in [1.165, 1.54) is 31.2 Å². The summed E-state index contributed by atoms with van der Waals surface area (Å²) in [5.74, 6) is 0.453. The third-order valence-electron chi connectivity index (χ3n) is 5.22. The topological polar surface area (TPSA) is 3.24 Å². The first-order chi connectivity index (χ1) is 10.1. The largest absolute Gasteiger partial charge is 0.295 e. The lowest BCUT2D eigenvalue weighted by molar-refractivity contribution is 0.160. The molecule has 2 bridgehead atoms. The normalized spacial score (nSPS) is 27.1. The summed E-state index contributed by atoms with van der Waals surface area (Å²) in [6.45, 7) is 2.36. The van der Waals surface area contributed by atoms with Gasteiger partial charge in [0.25, 0.3) is 0 Å². The molecule has 2 aromatic carbocycles. The van der Waals surface area contributed by atoms with E-state index in [1.807, 2.05) is 0 Å². The number of likely N-dealkylation sites (N-methyl/N-ethyl adjacent to an activating group) is 1. The SMILES string of the molecule is C[C@@H]1[C@H]2c3cc(Br)ccc3C[C@@H](c3ccc(Br)cc32)N1C. The first kappa shape index (κ1) is 14.0. The van der Waals surface area contributed by atoms with Gasteiger partial charge in [-0.1, -0.05) is 44.0 Å². The van der Waals surface area contributed by atoms with Crippen LogP contribution in [-0.4, -0.2) is 18.0 Å². The third kappa shape index (κ3) is 2.05. The van der Waals surface area contributed by atoms with Gasteiger partial charge in [0.2, 0.25) is 0 Å². The number of hydrogen-bond acceptors (Lipinski definition) is 1. The minimum Gasteiger partial charge on any atom is -0.295 e. The van der Waals surface area contributed by atoms with E-state index < -0.39 is 0 Å². The molecule has 0 saturated heterocycles. The number of nitrogens with zero attached hydrogens (tertiary/aromatic N) is 1. The molecule has 3 aliphatic rings. The van der Waals surface area contributed by atoms with Crippen LogP contribution in [0, 0.1) is 0 Å². The van der Waals surface area contributed by atoms with Gasteiger partial charge in [0.15, 0.2) is 0 Å². The van der Waals surface area contributed by atoms with E-state index in [9.17, 15) is 0 Å². The first-order valence-electron chi connectivity index (χ1n) is 7.36. The van der Waals surface area contributed by atoms with Gasteiger partial charge in [0.05, 0.1) is 0 Å². The molecule has 21 heavy (non-hydrogen) atoms. The summed E-state index contributed by atoms with van der Waals surface area (Å²) < 4.78 is 2.36. The smallest absolute Gasteiger partial charge is 0.0391 e. The van der Waals surface area contributed by atoms with Gasteiger partial charge in [-0.3, -0.25) is 4.90 Å². The van der Waals surface area contributed by atoms with E-state index in [4.69, 9.17) is 0 Å². The summed E-state index contributed by atoms with van der Waals surface area (Å²) in [7, 11) is 2.27. The zero-order chi connectivity index (χ0) is 14.7. The second-order valence-electron chi connectivity index (χ2n) is 6.22. The Bertz CT molecular complexity index is 725. The van der Waals surface area contributed by atoms with Gasteiger partial charge in [0, 0.05) is 26.9 Å². The van der Waals surface area contributed by atoms with Crippen molar-refractivity contribution in [3.05, 3.63) is 67.6 Å². The number of hydrogen-bond donors (Lipinski definition) is 0. The summed E-state index contributed by atoms with van der Waals surface area (Å²) in [6.07, 6.45) is 1.11. The lowest BCUT2D eigenvalue weighted by atomic mass is 9.79. The fourth-order valence-corrected chi connectivity index (χ4v) is 4.81. The highest BCUT2D eigenvalue weighted by molar-refractivity contribution is 9.10. The van der Waals surface area contributed by atoms with Gasteiger partial charge in [-0.05, 0) is 66.9 Å². The van der Waals surface area contributed by atoms with E-state index in [0.29, 0.717) is 18.0 Å². The van der Waals surface area contributed by atoms with Crippen LogP contribution in [0.15, 0.2) is 45.3 Å². The van der Waals surface area contributed by atoms with E-state index >= 15 is 0 Å². The molecule has 1 nitrogen and oxygen atoms in total. The van der Waals surface area contributed by atoms with Crippen molar-refractivity contribution in [2.24, 2.45) is 0 Å². The van der Waals surface area contributed by atoms with E-state index in [-0.39, 0.29) is 0 Å². The highest BCUT2D eigenvalue weighted by atomic mass is 79.9. The van der Waals surface area contributed by atoms with E-state index in [1.54, 1.807) is 0 Å². The van der Waals surface area contributed by atoms with E-state index in [0.717, 1.165) is 6.42 Å². The van der Waals surface area contributed by atoms with Crippen LogP contribution in [0.1, 0.15) is 41.1 Å². The highest BCUT2D eigenvalue weighted by Gasteiger charge is 2.41. The zero-order valence-electron chi connectivity index (χ0n) is 12.1. The number of rotatable bonds is 0. The molecule has 0 N–H and O–H groups in total. The molecule has 3 heteroatoms. The Morgan fingerprint density at radius 2 is 1.62 bits per heavy atom. The maximum Gasteiger partial charge on any atom is 0.0391 e. The van der Waals surface area contributed by atoms with Crippen LogP contribution in [-0.2, 0) is 6.42 Å². The molecule has 1 aliphatic carbocycles. The quantitative estimate of drug-likeness (QED) is 0.575. The zero-order valence-corrected chi connectivity index (χ0v) is 15.3. The molecule has 0 spiro atoms. The summed E-state index contributed by atoms with van der Waals surface area (Å²) in [4.78, 5) is 2.55. The Labute approximate surface area is 142 Å². The second-order valence-corrected chi connectivity index (χ2v) is 8.05. The molecule has 108 valence electrons. The number of benzene rings is 2. The van der Waals surface area contributed by atoms with Crippen molar-refractivity contribution in [1.82, 2.24) is 4.90 Å². The first-order valence-corrected chi connectivity index (χ1v) is 8.94. The lowest BCUT2D eigenvalue weighted by Crippen LogP contribution is -2.41. The van der Waals surface area contributed by atoms with Crippen molar-refractivity contribution in [2.45, 2.75) is 31.3 Å². The number of halogens is 2. The van der Waals surface area contributed by atoms with Crippen molar-refractivity contribution in [2.75, 3.05) is 7.05 Å². The van der Waals surface area contributed by atoms with Crippen LogP contribution in [0.2, 0.25) is 0 Å². The molecule has 0 amide bonds. The van der Waals surface area contributed by atoms with Gasteiger partial charge in [-0.2, -0.15) is 0 Å². The average molecular weight is 407 g/mol. The Morgan fingerprint density at radius 1 is 0.952 bits per heavy atom. The summed E-state index contributed by atoms with van der Waals surface area (Å²) in [6, 6.07) is 14.6. The Balaban J connectivity index is 2.03. The van der Waals surface area contributed by atoms with Crippen LogP contribution >= 0.6 is 31.9 Å². The van der Waals surface area contributed by atoms with Gasteiger partial charge in [0.1, 0.15) is 0 Å². The maximum atomic E-state index is 3.65. The molecule has 0 saturated carbocycles. The third-order valence-corrected chi connectivity index (χ3v) is 6.20. The maximum absolute atomic E-state index is 3.65. The van der Waals surface area contributed by atoms with Crippen molar-refractivity contribution < 1.29 is 0 Å². The molecule has 5 rings (SSSR count). The fourth-order valence-electron chi connectivity index (χ4n) is 4.05. The van der Waals surface area contributed by atoms with Crippen LogP contribution in [0.25, 0.3) is 0 Å². The van der Waals surface area contributed by atoms with Gasteiger partial charge in [-0.15, -0.1) is 0 Å². The minimum absolute atomic E-state index is 0.453. The fraction of sp³-hybridized carbons (Fsp3) is 0.333. The standard InChI is InChI=1S/C18H17Br2N/c1-10-18-15-8-12(19)4-3-11(15)7-17(21(10)2)14-6-5-13(20)9-16(14)18/h3-6,8-10,17-18H,7H2,1-2H3/t10-,17+,18+/m1/s1. The molecule has 0 aromatic heterocycles. The Hall–Kier alpha value is -0.640. The van der Waals surface area contributed by atoms with Gasteiger partial charge in [-0.25, -0.2) is 0 Å². The predicted molar refractivity (Wildman–Crippen MR) is 93.8 cm³/mol. The van der Waals surface area contributed by atoms with Crippen LogP contribution in [0.3, 0.4) is 0 Å². The molecule has 0 fully saturated rings. The molecule has 0 radical (unpaired) electrons. The summed E-state index contributed by atoms with van der Waals surface area (Å²) in [5, 5.41) is 0. The minimum atomic E-state index is 0.453. The molecule has 2 heterocycles. The highest BCUT2D eigenvalue weighted by Crippen LogP contribution is 2.49. The molecule has 3 atom stereocenters. The predicted octanol–water partition coefficient (Wildman–Crippen LogP) is 5.27. The van der Waals surface area contributed by atoms with Crippen molar-refractivity contribution in [3.63, 3.8) is 0 Å². The van der Waals surface area contributed by atoms with Crippen molar-refractivity contribution >= 4 is 31.9 Å². The monoisotopic (exact) mass is 405 g/mol. The van der Waals surface area contributed by atoms with Crippen LogP contribution in [0.4, 0.5) is 0 Å². The molecular weight excluding hydrogens is 390 g/mol. The number of fused-ring (bicyclic) bond motifs is 1. The average Bonchev–Trinajstić information content (AvgIpc) is 2.64. The molecule has 0 unspecified atom stereocenters. The lowest BCUT2D eigenvalue weighted by Gasteiger charge is -2.42. The van der Waals surface area contributed by atoms with Crippen LogP contribution in [0.5, 0.6) is 0 Å². The summed E-state index contributed by atoms with van der Waals surface area (Å²) in [5.41, 5.74) is 5.98. The molecule has 2 aliphatic heterocycles. The molecule has 2 aromatic rings. The van der Waals surface area contributed by atoms with E-state index in [2.05, 4.69) is 87.1 Å². The van der Waals surface area contributed by atoms with Crippen LogP contribution < -0.4 is 0 Å². The summed E-state index contributed by atoms with van der Waals surface area (Å²) >= 11 is 7.31. The van der Waals surface area contributed by atoms with Crippen molar-refractivity contribution in [1.29, 1.82) is 0 Å². The van der Waals surface area contributed by atoms with Gasteiger partial charge < -0.3 is 0 Å². The molecular formula is C18H17Br2N. The van der Waals surface area contributed by atoms with Gasteiger partial charge >= 0.3 is 0 Å². The second kappa shape index (κ2) is 4.94.